The number of benzene rings is 1. The van der Waals surface area contributed by atoms with Crippen LogP contribution in [0.2, 0.25) is 0 Å². The minimum absolute atomic E-state index is 0.0959. The predicted octanol–water partition coefficient (Wildman–Crippen LogP) is 1.97. The van der Waals surface area contributed by atoms with Gasteiger partial charge in [0.1, 0.15) is 12.9 Å². The molecule has 2 saturated carbocycles. The minimum atomic E-state index is -4.35. The third kappa shape index (κ3) is 2.35. The molecule has 3 aromatic heterocycles. The van der Waals surface area contributed by atoms with E-state index >= 15 is 0 Å². The highest BCUT2D eigenvalue weighted by molar-refractivity contribution is 5.69. The van der Waals surface area contributed by atoms with Crippen molar-refractivity contribution in [3.05, 3.63) is 64.6 Å². The van der Waals surface area contributed by atoms with Crippen molar-refractivity contribution in [3.63, 3.8) is 0 Å². The van der Waals surface area contributed by atoms with Crippen LogP contribution in [0.15, 0.2) is 46.2 Å². The monoisotopic (exact) mass is 455 g/mol. The first-order valence-corrected chi connectivity index (χ1v) is 10.4. The van der Waals surface area contributed by atoms with Gasteiger partial charge in [-0.05, 0) is 30.2 Å². The maximum atomic E-state index is 12.9. The van der Waals surface area contributed by atoms with Gasteiger partial charge in [0.05, 0.1) is 17.3 Å². The summed E-state index contributed by atoms with van der Waals surface area (Å²) < 4.78 is 47.0. The Morgan fingerprint density at radius 2 is 1.94 bits per heavy atom. The molecule has 4 atom stereocenters. The van der Waals surface area contributed by atoms with Gasteiger partial charge < -0.3 is 14.0 Å². The second-order valence-corrected chi connectivity index (χ2v) is 8.92. The molecule has 8 rings (SSSR count). The van der Waals surface area contributed by atoms with Crippen molar-refractivity contribution in [2.45, 2.75) is 24.2 Å². The number of anilines is 1. The first-order valence-electron chi connectivity index (χ1n) is 10.4. The van der Waals surface area contributed by atoms with Crippen molar-refractivity contribution in [3.8, 4) is 0 Å². The molecule has 1 unspecified atom stereocenters. The van der Waals surface area contributed by atoms with Gasteiger partial charge >= 0.3 is 6.18 Å². The zero-order valence-corrected chi connectivity index (χ0v) is 17.2. The van der Waals surface area contributed by atoms with Crippen molar-refractivity contribution < 1.29 is 17.7 Å². The van der Waals surface area contributed by atoms with Gasteiger partial charge in [0.25, 0.3) is 5.56 Å². The number of alkyl halides is 3. The molecule has 4 fully saturated rings. The van der Waals surface area contributed by atoms with Gasteiger partial charge in [-0.3, -0.25) is 9.36 Å². The molecule has 1 aromatic carbocycles. The first-order chi connectivity index (χ1) is 15.8. The molecule has 2 bridgehead atoms. The molecule has 4 aromatic rings. The zero-order valence-electron chi connectivity index (χ0n) is 17.2. The van der Waals surface area contributed by atoms with Crippen LogP contribution in [0.25, 0.3) is 11.2 Å². The van der Waals surface area contributed by atoms with Gasteiger partial charge in [-0.1, -0.05) is 5.16 Å². The summed E-state index contributed by atoms with van der Waals surface area (Å²) in [6.45, 7) is 0.851. The highest BCUT2D eigenvalue weighted by atomic mass is 19.4. The van der Waals surface area contributed by atoms with E-state index in [2.05, 4.69) is 25.0 Å². The highest BCUT2D eigenvalue weighted by Gasteiger charge is 2.95. The predicted molar refractivity (Wildman–Crippen MR) is 107 cm³/mol. The van der Waals surface area contributed by atoms with E-state index in [4.69, 9.17) is 4.52 Å². The van der Waals surface area contributed by atoms with Crippen molar-refractivity contribution >= 4 is 16.9 Å². The molecule has 168 valence electrons. The van der Waals surface area contributed by atoms with Crippen LogP contribution in [0, 0.1) is 11.8 Å². The van der Waals surface area contributed by atoms with Gasteiger partial charge in [0.2, 0.25) is 5.89 Å². The number of halogens is 3. The van der Waals surface area contributed by atoms with Crippen LogP contribution >= 0.6 is 0 Å². The molecule has 5 heterocycles. The van der Waals surface area contributed by atoms with E-state index in [1.54, 1.807) is 11.6 Å². The fourth-order valence-corrected chi connectivity index (χ4v) is 5.67. The van der Waals surface area contributed by atoms with E-state index in [1.165, 1.54) is 29.4 Å². The number of piperidine rings is 1. The Kier molecular flexibility index (Phi) is 3.31. The van der Waals surface area contributed by atoms with E-state index in [0.717, 1.165) is 24.4 Å². The second kappa shape index (κ2) is 5.80. The first kappa shape index (κ1) is 18.8. The summed E-state index contributed by atoms with van der Waals surface area (Å²) in [7, 11) is 1.73. The minimum Gasteiger partial charge on any atom is -0.367 e. The zero-order chi connectivity index (χ0) is 22.7. The topological polar surface area (TPSA) is 94.9 Å². The van der Waals surface area contributed by atoms with Gasteiger partial charge in [-0.25, -0.2) is 9.97 Å². The summed E-state index contributed by atoms with van der Waals surface area (Å²) in [4.78, 5) is 27.7. The van der Waals surface area contributed by atoms with Crippen LogP contribution in [0.5, 0.6) is 0 Å². The van der Waals surface area contributed by atoms with Gasteiger partial charge in [-0.15, -0.1) is 0 Å². The fourth-order valence-electron chi connectivity index (χ4n) is 5.67. The molecule has 0 N–H and O–H groups in total. The van der Waals surface area contributed by atoms with E-state index in [-0.39, 0.29) is 23.6 Å². The Labute approximate surface area is 183 Å². The Bertz CT molecular complexity index is 1480. The van der Waals surface area contributed by atoms with Crippen LogP contribution in [-0.4, -0.2) is 41.8 Å². The Morgan fingerprint density at radius 3 is 2.67 bits per heavy atom. The van der Waals surface area contributed by atoms with E-state index in [0.29, 0.717) is 34.7 Å². The lowest BCUT2D eigenvalue weighted by atomic mass is 10.1. The molecule has 2 aliphatic carbocycles. The SMILES string of the molecule is Cn1cnc2ncn(Cc3nc([C@]45C6[C@@H]4[C@@H]5CN6c4ccc(C(F)(F)F)cc4)no3)c(=O)c21. The molecule has 0 spiro atoms. The summed E-state index contributed by atoms with van der Waals surface area (Å²) in [6, 6.07) is 5.44. The summed E-state index contributed by atoms with van der Waals surface area (Å²) in [6.07, 6.45) is -1.41. The third-order valence-electron chi connectivity index (χ3n) is 7.33. The highest BCUT2D eigenvalue weighted by Crippen LogP contribution is 2.85. The maximum absolute atomic E-state index is 12.9. The molecule has 0 radical (unpaired) electrons. The number of aromatic nitrogens is 6. The molecule has 4 aliphatic rings. The molecule has 33 heavy (non-hydrogen) atoms. The Morgan fingerprint density at radius 1 is 1.18 bits per heavy atom. The summed E-state index contributed by atoms with van der Waals surface area (Å²) in [5, 5.41) is 4.19. The van der Waals surface area contributed by atoms with E-state index in [1.807, 2.05) is 0 Å². The molecule has 12 heteroatoms. The number of fused-ring (bicyclic) bond motifs is 2. The van der Waals surface area contributed by atoms with Crippen LogP contribution in [0.1, 0.15) is 17.3 Å². The van der Waals surface area contributed by atoms with Crippen molar-refractivity contribution in [1.82, 2.24) is 29.2 Å². The normalized spacial score (nSPS) is 27.3. The van der Waals surface area contributed by atoms with Gasteiger partial charge in [0, 0.05) is 31.2 Å². The molecule has 2 saturated heterocycles. The average molecular weight is 455 g/mol. The maximum Gasteiger partial charge on any atom is 0.416 e. The van der Waals surface area contributed by atoms with Crippen LogP contribution in [0.4, 0.5) is 18.9 Å². The molecule has 0 amide bonds. The molecule has 2 aliphatic heterocycles. The summed E-state index contributed by atoms with van der Waals surface area (Å²) in [5.74, 6) is 1.67. The van der Waals surface area contributed by atoms with E-state index < -0.39 is 11.7 Å². The van der Waals surface area contributed by atoms with Crippen LogP contribution in [0.3, 0.4) is 0 Å². The molecular weight excluding hydrogens is 439 g/mol. The number of nitrogens with zero attached hydrogens (tertiary/aromatic N) is 7. The lowest BCUT2D eigenvalue weighted by molar-refractivity contribution is -0.137. The average Bonchev–Trinajstić information content (AvgIpc) is 3.23. The summed E-state index contributed by atoms with van der Waals surface area (Å²) in [5.41, 5.74) is 0.442. The van der Waals surface area contributed by atoms with Gasteiger partial charge in [-0.2, -0.15) is 18.2 Å². The Balaban J connectivity index is 1.12. The van der Waals surface area contributed by atoms with E-state index in [9.17, 15) is 18.0 Å². The van der Waals surface area contributed by atoms with Crippen molar-refractivity contribution in [2.24, 2.45) is 18.9 Å². The van der Waals surface area contributed by atoms with Crippen LogP contribution in [-0.2, 0) is 25.2 Å². The Hall–Kier alpha value is -3.70. The van der Waals surface area contributed by atoms with Crippen LogP contribution < -0.4 is 10.5 Å². The third-order valence-corrected chi connectivity index (χ3v) is 7.33. The van der Waals surface area contributed by atoms with Crippen molar-refractivity contribution in [1.29, 1.82) is 0 Å². The fraction of sp³-hybridized carbons (Fsp3) is 0.381. The second-order valence-electron chi connectivity index (χ2n) is 8.92. The lowest BCUT2D eigenvalue weighted by Crippen LogP contribution is -2.23. The lowest BCUT2D eigenvalue weighted by Gasteiger charge is -2.19. The van der Waals surface area contributed by atoms with Crippen molar-refractivity contribution in [2.75, 3.05) is 11.4 Å². The largest absolute Gasteiger partial charge is 0.416 e. The number of hydrogen-bond donors (Lipinski definition) is 0. The number of aryl methyl sites for hydroxylation is 1. The summed E-state index contributed by atoms with van der Waals surface area (Å²) >= 11 is 0. The van der Waals surface area contributed by atoms with Gasteiger partial charge in [0.15, 0.2) is 17.0 Å². The smallest absolute Gasteiger partial charge is 0.367 e. The number of hydrogen-bond acceptors (Lipinski definition) is 7. The quantitative estimate of drug-likeness (QED) is 0.464. The molecule has 9 nitrogen and oxygen atoms in total. The number of rotatable bonds is 4. The number of imidazole rings is 1. The standard InChI is InChI=1S/C21H16F3N7O2/c1-29-8-25-17-15(29)18(32)30(9-26-17)7-13-27-19(28-33-13)20-12-6-31(16(20)14(12)20)11-4-2-10(3-5-11)21(22,23)24/h2-5,8-9,12,14,16H,6-7H2,1H3/t12-,14-,16?,20-/m0/s1. The molecular formula is C21H16F3N7O2.